The molecule has 112 valence electrons. The number of rotatable bonds is 6. The lowest BCUT2D eigenvalue weighted by atomic mass is 9.94. The minimum Gasteiger partial charge on any atom is -0.378 e. The van der Waals surface area contributed by atoms with E-state index in [2.05, 4.69) is 60.5 Å². The predicted molar refractivity (Wildman–Crippen MR) is 87.3 cm³/mol. The summed E-state index contributed by atoms with van der Waals surface area (Å²) >= 11 is 0. The van der Waals surface area contributed by atoms with Crippen molar-refractivity contribution in [2.24, 2.45) is 5.92 Å². The molecule has 1 N–H and O–H groups in total. The molecule has 0 bridgehead atoms. The van der Waals surface area contributed by atoms with Crippen LogP contribution >= 0.6 is 0 Å². The summed E-state index contributed by atoms with van der Waals surface area (Å²) in [5, 5.41) is 3.58. The van der Waals surface area contributed by atoms with Gasteiger partial charge in [-0.05, 0) is 69.6 Å². The maximum atomic E-state index is 3.58. The van der Waals surface area contributed by atoms with Crippen LogP contribution in [-0.2, 0) is 6.54 Å². The maximum Gasteiger partial charge on any atom is 0.0361 e. The van der Waals surface area contributed by atoms with E-state index in [-0.39, 0.29) is 0 Å². The number of nitrogens with one attached hydrogen (secondary N) is 1. The molecular formula is C17H29N3. The fourth-order valence-corrected chi connectivity index (χ4v) is 2.80. The van der Waals surface area contributed by atoms with Crippen LogP contribution in [0.15, 0.2) is 24.3 Å². The van der Waals surface area contributed by atoms with Crippen molar-refractivity contribution in [2.45, 2.75) is 25.8 Å². The van der Waals surface area contributed by atoms with Crippen molar-refractivity contribution in [1.29, 1.82) is 0 Å². The van der Waals surface area contributed by atoms with Gasteiger partial charge in [-0.3, -0.25) is 0 Å². The SMILES string of the molecule is CN1CCC(CCNCc2ccc(N(C)C)cc2)CC1. The van der Waals surface area contributed by atoms with Crippen molar-refractivity contribution < 1.29 is 0 Å². The molecule has 0 spiro atoms. The summed E-state index contributed by atoms with van der Waals surface area (Å²) in [5.41, 5.74) is 2.64. The second kappa shape index (κ2) is 7.65. The van der Waals surface area contributed by atoms with Crippen LogP contribution in [0.5, 0.6) is 0 Å². The molecule has 0 radical (unpaired) electrons. The van der Waals surface area contributed by atoms with Crippen LogP contribution in [0.4, 0.5) is 5.69 Å². The topological polar surface area (TPSA) is 18.5 Å². The van der Waals surface area contributed by atoms with Gasteiger partial charge in [-0.25, -0.2) is 0 Å². The van der Waals surface area contributed by atoms with Crippen molar-refractivity contribution in [3.63, 3.8) is 0 Å². The van der Waals surface area contributed by atoms with Gasteiger partial charge >= 0.3 is 0 Å². The number of anilines is 1. The normalized spacial score (nSPS) is 17.4. The predicted octanol–water partition coefficient (Wildman–Crippen LogP) is 2.57. The first-order valence-corrected chi connectivity index (χ1v) is 7.80. The Morgan fingerprint density at radius 2 is 1.80 bits per heavy atom. The van der Waals surface area contributed by atoms with Gasteiger partial charge in [-0.15, -0.1) is 0 Å². The monoisotopic (exact) mass is 275 g/mol. The van der Waals surface area contributed by atoms with Gasteiger partial charge in [-0.2, -0.15) is 0 Å². The lowest BCUT2D eigenvalue weighted by Crippen LogP contribution is -2.31. The second-order valence-corrected chi connectivity index (χ2v) is 6.27. The highest BCUT2D eigenvalue weighted by Gasteiger charge is 2.15. The van der Waals surface area contributed by atoms with Crippen molar-refractivity contribution >= 4 is 5.69 Å². The van der Waals surface area contributed by atoms with Gasteiger partial charge in [0.05, 0.1) is 0 Å². The Morgan fingerprint density at radius 1 is 1.15 bits per heavy atom. The van der Waals surface area contributed by atoms with Gasteiger partial charge in [0, 0.05) is 26.3 Å². The molecule has 0 unspecified atom stereocenters. The highest BCUT2D eigenvalue weighted by Crippen LogP contribution is 2.18. The summed E-state index contributed by atoms with van der Waals surface area (Å²) in [5.74, 6) is 0.926. The molecular weight excluding hydrogens is 246 g/mol. The molecule has 3 heteroatoms. The van der Waals surface area contributed by atoms with E-state index >= 15 is 0 Å². The molecule has 1 aromatic carbocycles. The van der Waals surface area contributed by atoms with E-state index in [1.54, 1.807) is 0 Å². The number of nitrogens with zero attached hydrogens (tertiary/aromatic N) is 2. The molecule has 0 amide bonds. The third-order valence-corrected chi connectivity index (χ3v) is 4.35. The molecule has 1 aliphatic rings. The highest BCUT2D eigenvalue weighted by atomic mass is 15.1. The lowest BCUT2D eigenvalue weighted by Gasteiger charge is -2.28. The van der Waals surface area contributed by atoms with Gasteiger partial charge < -0.3 is 15.1 Å². The minimum atomic E-state index is 0.926. The number of benzene rings is 1. The van der Waals surface area contributed by atoms with E-state index in [9.17, 15) is 0 Å². The van der Waals surface area contributed by atoms with Crippen molar-refractivity contribution in [3.8, 4) is 0 Å². The molecule has 1 heterocycles. The molecule has 0 aliphatic carbocycles. The molecule has 20 heavy (non-hydrogen) atoms. The quantitative estimate of drug-likeness (QED) is 0.805. The Balaban J connectivity index is 1.63. The van der Waals surface area contributed by atoms with E-state index in [1.165, 1.54) is 43.6 Å². The summed E-state index contributed by atoms with van der Waals surface area (Å²) in [7, 11) is 6.38. The van der Waals surface area contributed by atoms with E-state index in [1.807, 2.05) is 0 Å². The number of hydrogen-bond acceptors (Lipinski definition) is 3. The summed E-state index contributed by atoms with van der Waals surface area (Å²) in [6, 6.07) is 8.82. The Bertz CT molecular complexity index is 378. The second-order valence-electron chi connectivity index (χ2n) is 6.27. The molecule has 2 rings (SSSR count). The zero-order chi connectivity index (χ0) is 14.4. The summed E-state index contributed by atoms with van der Waals surface area (Å²) < 4.78 is 0. The van der Waals surface area contributed by atoms with Gasteiger partial charge in [0.25, 0.3) is 0 Å². The molecule has 0 aromatic heterocycles. The van der Waals surface area contributed by atoms with Crippen molar-refractivity contribution in [3.05, 3.63) is 29.8 Å². The van der Waals surface area contributed by atoms with E-state index < -0.39 is 0 Å². The number of likely N-dealkylation sites (tertiary alicyclic amines) is 1. The summed E-state index contributed by atoms with van der Waals surface area (Å²) in [4.78, 5) is 4.58. The van der Waals surface area contributed by atoms with Gasteiger partial charge in [0.2, 0.25) is 0 Å². The minimum absolute atomic E-state index is 0.926. The Morgan fingerprint density at radius 3 is 2.40 bits per heavy atom. The molecule has 1 fully saturated rings. The number of hydrogen-bond donors (Lipinski definition) is 1. The zero-order valence-corrected chi connectivity index (χ0v) is 13.2. The molecule has 0 atom stereocenters. The average Bonchev–Trinajstić information content (AvgIpc) is 2.46. The first-order chi connectivity index (χ1) is 9.65. The summed E-state index contributed by atoms with van der Waals surface area (Å²) in [6.45, 7) is 4.68. The standard InChI is InChI=1S/C17H29N3/c1-19(2)17-6-4-16(5-7-17)14-18-11-8-15-9-12-20(3)13-10-15/h4-7,15,18H,8-14H2,1-3H3. The van der Waals surface area contributed by atoms with Crippen LogP contribution < -0.4 is 10.2 Å². The van der Waals surface area contributed by atoms with Crippen LogP contribution in [0, 0.1) is 5.92 Å². The maximum absolute atomic E-state index is 3.58. The van der Waals surface area contributed by atoms with Crippen molar-refractivity contribution in [2.75, 3.05) is 45.7 Å². The highest BCUT2D eigenvalue weighted by molar-refractivity contribution is 5.45. The fraction of sp³-hybridized carbons (Fsp3) is 0.647. The van der Waals surface area contributed by atoms with Crippen molar-refractivity contribution in [1.82, 2.24) is 10.2 Å². The molecule has 1 aromatic rings. The Labute approximate surface area is 124 Å². The lowest BCUT2D eigenvalue weighted by molar-refractivity contribution is 0.211. The largest absolute Gasteiger partial charge is 0.378 e. The number of piperidine rings is 1. The zero-order valence-electron chi connectivity index (χ0n) is 13.2. The van der Waals surface area contributed by atoms with E-state index in [4.69, 9.17) is 0 Å². The Hall–Kier alpha value is -1.06. The van der Waals surface area contributed by atoms with Gasteiger partial charge in [0.1, 0.15) is 0 Å². The van der Waals surface area contributed by atoms with Crippen LogP contribution in [0.2, 0.25) is 0 Å². The van der Waals surface area contributed by atoms with Gasteiger partial charge in [-0.1, -0.05) is 12.1 Å². The molecule has 1 aliphatic heterocycles. The van der Waals surface area contributed by atoms with Crippen LogP contribution in [0.3, 0.4) is 0 Å². The Kier molecular flexibility index (Phi) is 5.86. The first kappa shape index (κ1) is 15.3. The molecule has 0 saturated carbocycles. The molecule has 1 saturated heterocycles. The smallest absolute Gasteiger partial charge is 0.0361 e. The average molecular weight is 275 g/mol. The van der Waals surface area contributed by atoms with Crippen LogP contribution in [0.1, 0.15) is 24.8 Å². The van der Waals surface area contributed by atoms with E-state index in [0.29, 0.717) is 0 Å². The van der Waals surface area contributed by atoms with Gasteiger partial charge in [0.15, 0.2) is 0 Å². The third-order valence-electron chi connectivity index (χ3n) is 4.35. The summed E-state index contributed by atoms with van der Waals surface area (Å²) in [6.07, 6.45) is 4.06. The fourth-order valence-electron chi connectivity index (χ4n) is 2.80. The first-order valence-electron chi connectivity index (χ1n) is 7.80. The van der Waals surface area contributed by atoms with Crippen LogP contribution in [0.25, 0.3) is 0 Å². The van der Waals surface area contributed by atoms with Crippen LogP contribution in [-0.4, -0.2) is 45.7 Å². The van der Waals surface area contributed by atoms with E-state index in [0.717, 1.165) is 19.0 Å². The molecule has 3 nitrogen and oxygen atoms in total. The third kappa shape index (κ3) is 4.80.